The van der Waals surface area contributed by atoms with Gasteiger partial charge in [-0.05, 0) is 54.6 Å². The standard InChI is InChI=1S/C32H30BrN3O3/c1-21(2)34-31(38)28(18-22-8-4-3-5-9-22)35(19-23-14-16-25(33)17-15-23)29(37)20-36-27-13-7-11-24-10-6-12-26(30(24)27)32(36)39/h3-17,21,28H,18-20H2,1-2H3,(H,34,38)/t28-/m1/s1. The number of carbonyl (C=O) groups is 3. The Morgan fingerprint density at radius 3 is 2.26 bits per heavy atom. The highest BCUT2D eigenvalue weighted by Crippen LogP contribution is 2.37. The van der Waals surface area contributed by atoms with Crippen LogP contribution in [0.15, 0.2) is 95.5 Å². The molecule has 1 heterocycles. The van der Waals surface area contributed by atoms with Crippen LogP contribution in [0.1, 0.15) is 35.3 Å². The molecule has 4 aromatic rings. The summed E-state index contributed by atoms with van der Waals surface area (Å²) in [6.45, 7) is 3.87. The van der Waals surface area contributed by atoms with E-state index in [1.807, 2.05) is 98.8 Å². The van der Waals surface area contributed by atoms with Gasteiger partial charge in [-0.2, -0.15) is 0 Å². The molecule has 198 valence electrons. The molecule has 1 N–H and O–H groups in total. The quantitative estimate of drug-likeness (QED) is 0.274. The Hall–Kier alpha value is -3.97. The van der Waals surface area contributed by atoms with Crippen LogP contribution in [0.3, 0.4) is 0 Å². The second-order valence-corrected chi connectivity index (χ2v) is 11.0. The van der Waals surface area contributed by atoms with Crippen molar-refractivity contribution in [1.82, 2.24) is 10.2 Å². The first-order valence-corrected chi connectivity index (χ1v) is 13.8. The third-order valence-corrected chi connectivity index (χ3v) is 7.44. The highest BCUT2D eigenvalue weighted by Gasteiger charge is 2.35. The monoisotopic (exact) mass is 583 g/mol. The van der Waals surface area contributed by atoms with Gasteiger partial charge in [-0.1, -0.05) is 82.7 Å². The van der Waals surface area contributed by atoms with Crippen LogP contribution in [0.2, 0.25) is 0 Å². The van der Waals surface area contributed by atoms with Crippen LogP contribution in [0.25, 0.3) is 10.8 Å². The van der Waals surface area contributed by atoms with Crippen molar-refractivity contribution in [2.45, 2.75) is 38.9 Å². The minimum Gasteiger partial charge on any atom is -0.352 e. The lowest BCUT2D eigenvalue weighted by atomic mass is 10.0. The van der Waals surface area contributed by atoms with Crippen molar-refractivity contribution in [2.24, 2.45) is 0 Å². The number of benzene rings is 4. The van der Waals surface area contributed by atoms with Crippen LogP contribution >= 0.6 is 15.9 Å². The molecule has 7 heteroatoms. The average molecular weight is 585 g/mol. The van der Waals surface area contributed by atoms with Gasteiger partial charge >= 0.3 is 0 Å². The fraction of sp³-hybridized carbons (Fsp3) is 0.219. The van der Waals surface area contributed by atoms with Crippen LogP contribution in [0.4, 0.5) is 5.69 Å². The SMILES string of the molecule is CC(C)NC(=O)[C@@H](Cc1ccccc1)N(Cc1ccc(Br)cc1)C(=O)CN1C(=O)c2cccc3cccc1c23. The summed E-state index contributed by atoms with van der Waals surface area (Å²) >= 11 is 3.47. The summed E-state index contributed by atoms with van der Waals surface area (Å²) in [5.41, 5.74) is 3.15. The molecule has 0 aromatic heterocycles. The molecule has 0 aliphatic carbocycles. The molecule has 0 unspecified atom stereocenters. The number of hydrogen-bond donors (Lipinski definition) is 1. The smallest absolute Gasteiger partial charge is 0.259 e. The van der Waals surface area contributed by atoms with E-state index < -0.39 is 6.04 Å². The highest BCUT2D eigenvalue weighted by atomic mass is 79.9. The third kappa shape index (κ3) is 5.73. The van der Waals surface area contributed by atoms with Crippen LogP contribution in [0, 0.1) is 0 Å². The van der Waals surface area contributed by atoms with E-state index in [1.165, 1.54) is 4.90 Å². The minimum atomic E-state index is -0.762. The zero-order chi connectivity index (χ0) is 27.5. The molecule has 3 amide bonds. The fourth-order valence-corrected chi connectivity index (χ4v) is 5.35. The summed E-state index contributed by atoms with van der Waals surface area (Å²) in [6.07, 6.45) is 0.353. The summed E-state index contributed by atoms with van der Waals surface area (Å²) < 4.78 is 0.927. The number of halogens is 1. The number of nitrogens with one attached hydrogen (secondary N) is 1. The highest BCUT2D eigenvalue weighted by molar-refractivity contribution is 9.10. The van der Waals surface area contributed by atoms with Crippen LogP contribution in [-0.4, -0.2) is 41.2 Å². The summed E-state index contributed by atoms with van der Waals surface area (Å²) in [6, 6.07) is 27.9. The molecule has 0 saturated carbocycles. The molecule has 6 nitrogen and oxygen atoms in total. The zero-order valence-electron chi connectivity index (χ0n) is 21.9. The molecule has 0 bridgehead atoms. The summed E-state index contributed by atoms with van der Waals surface area (Å²) in [5, 5.41) is 4.82. The molecule has 39 heavy (non-hydrogen) atoms. The second kappa shape index (κ2) is 11.4. The number of nitrogens with zero attached hydrogens (tertiary/aromatic N) is 2. The first-order valence-electron chi connectivity index (χ1n) is 13.0. The average Bonchev–Trinajstić information content (AvgIpc) is 3.19. The predicted molar refractivity (Wildman–Crippen MR) is 158 cm³/mol. The van der Waals surface area contributed by atoms with Crippen molar-refractivity contribution >= 4 is 50.1 Å². The van der Waals surface area contributed by atoms with Crippen molar-refractivity contribution in [3.05, 3.63) is 112 Å². The van der Waals surface area contributed by atoms with E-state index in [-0.39, 0.29) is 36.9 Å². The maximum absolute atomic E-state index is 14.2. The van der Waals surface area contributed by atoms with Gasteiger partial charge in [0.1, 0.15) is 12.6 Å². The van der Waals surface area contributed by atoms with Crippen molar-refractivity contribution in [1.29, 1.82) is 0 Å². The Morgan fingerprint density at radius 2 is 1.56 bits per heavy atom. The molecule has 5 rings (SSSR count). The largest absolute Gasteiger partial charge is 0.352 e. The number of anilines is 1. The van der Waals surface area contributed by atoms with Gasteiger partial charge in [-0.25, -0.2) is 0 Å². The van der Waals surface area contributed by atoms with Crippen molar-refractivity contribution in [3.8, 4) is 0 Å². The lowest BCUT2D eigenvalue weighted by Gasteiger charge is -2.33. The van der Waals surface area contributed by atoms with E-state index in [9.17, 15) is 14.4 Å². The van der Waals surface area contributed by atoms with E-state index >= 15 is 0 Å². The maximum Gasteiger partial charge on any atom is 0.259 e. The number of amides is 3. The lowest BCUT2D eigenvalue weighted by molar-refractivity contribution is -0.140. The van der Waals surface area contributed by atoms with Crippen LogP contribution < -0.4 is 10.2 Å². The molecule has 0 radical (unpaired) electrons. The molecular weight excluding hydrogens is 554 g/mol. The topological polar surface area (TPSA) is 69.7 Å². The second-order valence-electron chi connectivity index (χ2n) is 10.1. The van der Waals surface area contributed by atoms with Gasteiger partial charge in [-0.15, -0.1) is 0 Å². The Balaban J connectivity index is 1.51. The minimum absolute atomic E-state index is 0.0901. The van der Waals surface area contributed by atoms with Crippen LogP contribution in [-0.2, 0) is 22.6 Å². The van der Waals surface area contributed by atoms with Gasteiger partial charge in [0.25, 0.3) is 5.91 Å². The van der Waals surface area contributed by atoms with Gasteiger partial charge in [0.2, 0.25) is 11.8 Å². The molecule has 0 saturated heterocycles. The number of hydrogen-bond acceptors (Lipinski definition) is 3. The summed E-state index contributed by atoms with van der Waals surface area (Å²) in [5.74, 6) is -0.724. The Labute approximate surface area is 236 Å². The zero-order valence-corrected chi connectivity index (χ0v) is 23.5. The van der Waals surface area contributed by atoms with Crippen molar-refractivity contribution < 1.29 is 14.4 Å². The summed E-state index contributed by atoms with van der Waals surface area (Å²) in [4.78, 5) is 44.3. The van der Waals surface area contributed by atoms with Gasteiger partial charge in [0.15, 0.2) is 0 Å². The van der Waals surface area contributed by atoms with Gasteiger partial charge in [0, 0.05) is 34.4 Å². The first-order chi connectivity index (χ1) is 18.8. The van der Waals surface area contributed by atoms with Crippen molar-refractivity contribution in [3.63, 3.8) is 0 Å². The van der Waals surface area contributed by atoms with Crippen molar-refractivity contribution in [2.75, 3.05) is 11.4 Å². The van der Waals surface area contributed by atoms with E-state index in [1.54, 1.807) is 11.0 Å². The lowest BCUT2D eigenvalue weighted by Crippen LogP contribution is -2.54. The normalized spacial score (nSPS) is 13.1. The van der Waals surface area contributed by atoms with E-state index in [2.05, 4.69) is 21.2 Å². The Kier molecular flexibility index (Phi) is 7.79. The first kappa shape index (κ1) is 26.6. The molecule has 0 fully saturated rings. The molecule has 1 aliphatic rings. The van der Waals surface area contributed by atoms with Gasteiger partial charge in [0.05, 0.1) is 5.69 Å². The molecule has 1 aliphatic heterocycles. The maximum atomic E-state index is 14.2. The predicted octanol–water partition coefficient (Wildman–Crippen LogP) is 5.73. The Morgan fingerprint density at radius 1 is 0.872 bits per heavy atom. The molecular formula is C32H30BrN3O3. The van der Waals surface area contributed by atoms with E-state index in [0.717, 1.165) is 32.1 Å². The van der Waals surface area contributed by atoms with Gasteiger partial charge < -0.3 is 10.2 Å². The Bertz CT molecular complexity index is 1510. The third-order valence-electron chi connectivity index (χ3n) is 6.91. The molecule has 4 aromatic carbocycles. The molecule has 1 atom stereocenters. The fourth-order valence-electron chi connectivity index (χ4n) is 5.08. The number of carbonyl (C=O) groups excluding carboxylic acids is 3. The number of rotatable bonds is 9. The summed E-state index contributed by atoms with van der Waals surface area (Å²) in [7, 11) is 0. The van der Waals surface area contributed by atoms with E-state index in [4.69, 9.17) is 0 Å². The molecule has 0 spiro atoms. The van der Waals surface area contributed by atoms with E-state index in [0.29, 0.717) is 12.0 Å². The van der Waals surface area contributed by atoms with Gasteiger partial charge in [-0.3, -0.25) is 19.3 Å². The van der Waals surface area contributed by atoms with Crippen LogP contribution in [0.5, 0.6) is 0 Å².